The molecule has 7 nitrogen and oxygen atoms in total. The second-order valence-electron chi connectivity index (χ2n) is 4.36. The molecule has 0 bridgehead atoms. The van der Waals surface area contributed by atoms with Crippen LogP contribution in [0.4, 0.5) is 5.82 Å². The first-order valence-electron chi connectivity index (χ1n) is 5.91. The van der Waals surface area contributed by atoms with Gasteiger partial charge in [0.15, 0.2) is 5.82 Å². The molecule has 1 unspecified atom stereocenters. The van der Waals surface area contributed by atoms with Crippen molar-refractivity contribution in [2.75, 3.05) is 11.4 Å². The summed E-state index contributed by atoms with van der Waals surface area (Å²) in [5, 5.41) is 17.1. The second-order valence-corrected chi connectivity index (χ2v) is 4.36. The lowest BCUT2D eigenvalue weighted by molar-refractivity contribution is -0.139. The second kappa shape index (κ2) is 4.25. The molecule has 0 aliphatic carbocycles. The molecule has 1 N–H and O–H groups in total. The highest BCUT2D eigenvalue weighted by molar-refractivity contribution is 5.80. The number of anilines is 1. The molecule has 1 saturated heterocycles. The first kappa shape index (κ1) is 10.9. The number of carbonyl (C=O) groups is 1. The predicted octanol–water partition coefficient (Wildman–Crippen LogP) is 0.568. The molecule has 18 heavy (non-hydrogen) atoms. The highest BCUT2D eigenvalue weighted by Crippen LogP contribution is 2.25. The van der Waals surface area contributed by atoms with Crippen LogP contribution in [0.15, 0.2) is 18.7 Å². The Morgan fingerprint density at radius 1 is 1.44 bits per heavy atom. The van der Waals surface area contributed by atoms with Gasteiger partial charge in [-0.3, -0.25) is 4.40 Å². The maximum atomic E-state index is 11.3. The molecule has 7 heteroatoms. The van der Waals surface area contributed by atoms with Gasteiger partial charge in [0, 0.05) is 18.9 Å². The third-order valence-electron chi connectivity index (χ3n) is 3.26. The fourth-order valence-corrected chi connectivity index (χ4v) is 2.39. The van der Waals surface area contributed by atoms with Crippen LogP contribution >= 0.6 is 0 Å². The molecule has 0 aromatic carbocycles. The van der Waals surface area contributed by atoms with Crippen LogP contribution in [0.25, 0.3) is 5.65 Å². The van der Waals surface area contributed by atoms with Gasteiger partial charge in [-0.1, -0.05) is 0 Å². The highest BCUT2D eigenvalue weighted by Gasteiger charge is 2.30. The Balaban J connectivity index is 2.06. The summed E-state index contributed by atoms with van der Waals surface area (Å²) in [5.74, 6) is -0.208. The fourth-order valence-electron chi connectivity index (χ4n) is 2.39. The zero-order chi connectivity index (χ0) is 12.5. The van der Waals surface area contributed by atoms with Crippen molar-refractivity contribution >= 4 is 17.4 Å². The van der Waals surface area contributed by atoms with Crippen LogP contribution in [0.3, 0.4) is 0 Å². The first-order valence-corrected chi connectivity index (χ1v) is 5.91. The number of piperidine rings is 1. The van der Waals surface area contributed by atoms with E-state index in [0.29, 0.717) is 24.4 Å². The van der Waals surface area contributed by atoms with Crippen molar-refractivity contribution in [3.8, 4) is 0 Å². The molecule has 0 amide bonds. The van der Waals surface area contributed by atoms with Gasteiger partial charge in [0.25, 0.3) is 0 Å². The summed E-state index contributed by atoms with van der Waals surface area (Å²) in [4.78, 5) is 17.4. The zero-order valence-electron chi connectivity index (χ0n) is 9.73. The minimum Gasteiger partial charge on any atom is -0.480 e. The molecule has 3 heterocycles. The minimum atomic E-state index is -0.807. The standard InChI is InChI=1S/C11H13N5O2/c17-11(18)8-3-1-2-5-16(8)9-10-14-13-7-15(10)6-4-12-9/h4,6-8H,1-3,5H2,(H,17,18). The molecule has 0 saturated carbocycles. The van der Waals surface area contributed by atoms with Crippen molar-refractivity contribution in [3.05, 3.63) is 18.7 Å². The maximum Gasteiger partial charge on any atom is 0.326 e. The number of carboxylic acids is 1. The lowest BCUT2D eigenvalue weighted by atomic mass is 10.0. The molecular formula is C11H13N5O2. The van der Waals surface area contributed by atoms with Crippen LogP contribution < -0.4 is 4.90 Å². The quantitative estimate of drug-likeness (QED) is 0.835. The summed E-state index contributed by atoms with van der Waals surface area (Å²) in [6.45, 7) is 0.691. The molecule has 94 valence electrons. The Morgan fingerprint density at radius 2 is 2.33 bits per heavy atom. The molecule has 1 aliphatic heterocycles. The van der Waals surface area contributed by atoms with E-state index in [-0.39, 0.29) is 0 Å². The van der Waals surface area contributed by atoms with Gasteiger partial charge in [-0.25, -0.2) is 9.78 Å². The van der Waals surface area contributed by atoms with Gasteiger partial charge in [-0.15, -0.1) is 10.2 Å². The first-order chi connectivity index (χ1) is 8.77. The summed E-state index contributed by atoms with van der Waals surface area (Å²) >= 11 is 0. The molecule has 1 atom stereocenters. The van der Waals surface area contributed by atoms with Crippen molar-refractivity contribution in [1.82, 2.24) is 19.6 Å². The smallest absolute Gasteiger partial charge is 0.326 e. The lowest BCUT2D eigenvalue weighted by Gasteiger charge is -2.33. The van der Waals surface area contributed by atoms with Crippen molar-refractivity contribution in [3.63, 3.8) is 0 Å². The normalized spacial score (nSPS) is 20.2. The Morgan fingerprint density at radius 3 is 3.17 bits per heavy atom. The Hall–Kier alpha value is -2.18. The van der Waals surface area contributed by atoms with Gasteiger partial charge in [-0.2, -0.15) is 0 Å². The molecule has 1 aliphatic rings. The Labute approximate surface area is 103 Å². The van der Waals surface area contributed by atoms with Crippen LogP contribution in [0.2, 0.25) is 0 Å². The average Bonchev–Trinajstić information content (AvgIpc) is 2.86. The number of nitrogens with zero attached hydrogens (tertiary/aromatic N) is 5. The van der Waals surface area contributed by atoms with Gasteiger partial charge < -0.3 is 10.0 Å². The Kier molecular flexibility index (Phi) is 2.58. The summed E-state index contributed by atoms with van der Waals surface area (Å²) in [6.07, 6.45) is 7.52. The number of rotatable bonds is 2. The van der Waals surface area contributed by atoms with Crippen molar-refractivity contribution < 1.29 is 9.90 Å². The van der Waals surface area contributed by atoms with E-state index < -0.39 is 12.0 Å². The number of hydrogen-bond donors (Lipinski definition) is 1. The third-order valence-corrected chi connectivity index (χ3v) is 3.26. The van der Waals surface area contributed by atoms with Crippen LogP contribution in [-0.2, 0) is 4.79 Å². The summed E-state index contributed by atoms with van der Waals surface area (Å²) < 4.78 is 1.75. The van der Waals surface area contributed by atoms with E-state index in [1.165, 1.54) is 0 Å². The molecular weight excluding hydrogens is 234 g/mol. The lowest BCUT2D eigenvalue weighted by Crippen LogP contribution is -2.45. The summed E-state index contributed by atoms with van der Waals surface area (Å²) in [6, 6.07) is -0.519. The number of aromatic nitrogens is 4. The molecule has 0 radical (unpaired) electrons. The largest absolute Gasteiger partial charge is 0.480 e. The van der Waals surface area contributed by atoms with E-state index in [0.717, 1.165) is 12.8 Å². The van der Waals surface area contributed by atoms with Crippen LogP contribution in [0.5, 0.6) is 0 Å². The molecule has 2 aromatic heterocycles. The van der Waals surface area contributed by atoms with Crippen molar-refractivity contribution in [2.45, 2.75) is 25.3 Å². The summed E-state index contributed by atoms with van der Waals surface area (Å²) in [7, 11) is 0. The van der Waals surface area contributed by atoms with E-state index >= 15 is 0 Å². The monoisotopic (exact) mass is 247 g/mol. The van der Waals surface area contributed by atoms with Crippen LogP contribution in [0.1, 0.15) is 19.3 Å². The number of fused-ring (bicyclic) bond motifs is 1. The van der Waals surface area contributed by atoms with Crippen LogP contribution in [-0.4, -0.2) is 43.2 Å². The maximum absolute atomic E-state index is 11.3. The molecule has 0 spiro atoms. The average molecular weight is 247 g/mol. The van der Waals surface area contributed by atoms with E-state index in [1.807, 2.05) is 4.90 Å². The van der Waals surface area contributed by atoms with Gasteiger partial charge in [0.05, 0.1) is 0 Å². The van der Waals surface area contributed by atoms with E-state index in [9.17, 15) is 9.90 Å². The van der Waals surface area contributed by atoms with Crippen molar-refractivity contribution in [2.24, 2.45) is 0 Å². The number of hydrogen-bond acceptors (Lipinski definition) is 5. The van der Waals surface area contributed by atoms with Crippen LogP contribution in [0, 0.1) is 0 Å². The van der Waals surface area contributed by atoms with Gasteiger partial charge in [0.1, 0.15) is 12.4 Å². The van der Waals surface area contributed by atoms with Crippen molar-refractivity contribution in [1.29, 1.82) is 0 Å². The van der Waals surface area contributed by atoms with E-state index in [4.69, 9.17) is 0 Å². The summed E-state index contributed by atoms with van der Waals surface area (Å²) in [5.41, 5.74) is 0.602. The number of aliphatic carboxylic acids is 1. The Bertz CT molecular complexity index is 582. The van der Waals surface area contributed by atoms with Gasteiger partial charge >= 0.3 is 5.97 Å². The number of carboxylic acid groups (broad SMARTS) is 1. The van der Waals surface area contributed by atoms with E-state index in [2.05, 4.69) is 15.2 Å². The molecule has 3 rings (SSSR count). The fraction of sp³-hybridized carbons (Fsp3) is 0.455. The third kappa shape index (κ3) is 1.68. The minimum absolute atomic E-state index is 0.519. The topological polar surface area (TPSA) is 83.6 Å². The molecule has 1 fully saturated rings. The van der Waals surface area contributed by atoms with Gasteiger partial charge in [-0.05, 0) is 19.3 Å². The predicted molar refractivity (Wildman–Crippen MR) is 63.4 cm³/mol. The molecule has 2 aromatic rings. The highest BCUT2D eigenvalue weighted by atomic mass is 16.4. The van der Waals surface area contributed by atoms with E-state index in [1.54, 1.807) is 23.1 Å². The van der Waals surface area contributed by atoms with Gasteiger partial charge in [0.2, 0.25) is 5.65 Å². The SMILES string of the molecule is O=C(O)C1CCCCN1c1nccn2cnnc12. The zero-order valence-corrected chi connectivity index (χ0v) is 9.73.